The van der Waals surface area contributed by atoms with Crippen molar-refractivity contribution in [2.24, 2.45) is 5.14 Å². The van der Waals surface area contributed by atoms with E-state index in [4.69, 9.17) is 9.88 Å². The van der Waals surface area contributed by atoms with Gasteiger partial charge in [-0.2, -0.15) is 0 Å². The van der Waals surface area contributed by atoms with Gasteiger partial charge in [0.05, 0.1) is 11.4 Å². The lowest BCUT2D eigenvalue weighted by atomic mass is 10.1. The monoisotopic (exact) mass is 391 g/mol. The number of urea groups is 1. The van der Waals surface area contributed by atoms with Crippen LogP contribution in [0.15, 0.2) is 47.4 Å². The molecule has 0 spiro atoms. The Morgan fingerprint density at radius 3 is 2.19 bits per heavy atom. The van der Waals surface area contributed by atoms with E-state index in [-0.39, 0.29) is 10.9 Å². The second-order valence-electron chi connectivity index (χ2n) is 6.29. The molecule has 0 fully saturated rings. The van der Waals surface area contributed by atoms with Gasteiger partial charge < -0.3 is 15.4 Å². The highest BCUT2D eigenvalue weighted by Crippen LogP contribution is 2.15. The van der Waals surface area contributed by atoms with Crippen LogP contribution >= 0.6 is 0 Å². The van der Waals surface area contributed by atoms with E-state index in [1.54, 1.807) is 12.1 Å². The molecule has 146 valence electrons. The minimum atomic E-state index is -3.68. The van der Waals surface area contributed by atoms with Crippen molar-refractivity contribution in [3.8, 4) is 5.75 Å². The van der Waals surface area contributed by atoms with Crippen LogP contribution in [-0.4, -0.2) is 34.1 Å². The van der Waals surface area contributed by atoms with Crippen molar-refractivity contribution >= 4 is 16.1 Å². The quantitative estimate of drug-likeness (QED) is 0.597. The average molecular weight is 391 g/mol. The first-order valence-electron chi connectivity index (χ1n) is 8.58. The number of ether oxygens (including phenoxy) is 1. The van der Waals surface area contributed by atoms with Crippen LogP contribution in [0, 0.1) is 13.8 Å². The Hall–Kier alpha value is -2.58. The summed E-state index contributed by atoms with van der Waals surface area (Å²) in [4.78, 5) is 11.8. The van der Waals surface area contributed by atoms with Crippen molar-refractivity contribution in [2.45, 2.75) is 25.2 Å². The molecule has 2 rings (SSSR count). The predicted octanol–water partition coefficient (Wildman–Crippen LogP) is 1.87. The minimum absolute atomic E-state index is 0.0701. The van der Waals surface area contributed by atoms with Crippen molar-refractivity contribution in [3.05, 3.63) is 59.2 Å². The largest absolute Gasteiger partial charge is 0.492 e. The van der Waals surface area contributed by atoms with E-state index < -0.39 is 10.0 Å². The molecule has 0 heterocycles. The van der Waals surface area contributed by atoms with Gasteiger partial charge in [-0.1, -0.05) is 18.2 Å². The van der Waals surface area contributed by atoms with Crippen LogP contribution in [0.4, 0.5) is 4.79 Å². The molecular weight excluding hydrogens is 366 g/mol. The molecule has 7 nitrogen and oxygen atoms in total. The summed E-state index contributed by atoms with van der Waals surface area (Å²) in [6, 6.07) is 12.0. The molecular formula is C19H25N3O4S. The van der Waals surface area contributed by atoms with Crippen molar-refractivity contribution in [1.82, 2.24) is 10.6 Å². The van der Waals surface area contributed by atoms with Crippen LogP contribution in [0.2, 0.25) is 0 Å². The maximum absolute atomic E-state index is 11.8. The molecule has 0 radical (unpaired) electrons. The lowest BCUT2D eigenvalue weighted by Crippen LogP contribution is -2.38. The van der Waals surface area contributed by atoms with Gasteiger partial charge in [0, 0.05) is 6.54 Å². The maximum atomic E-state index is 11.8. The van der Waals surface area contributed by atoms with Crippen molar-refractivity contribution in [2.75, 3.05) is 19.7 Å². The Labute approximate surface area is 160 Å². The number of nitrogens with one attached hydrogen (secondary N) is 2. The highest BCUT2D eigenvalue weighted by atomic mass is 32.2. The Morgan fingerprint density at radius 2 is 1.59 bits per heavy atom. The van der Waals surface area contributed by atoms with Gasteiger partial charge in [0.2, 0.25) is 10.0 Å². The zero-order chi connectivity index (χ0) is 19.9. The first kappa shape index (κ1) is 20.7. The molecule has 0 aliphatic rings. The van der Waals surface area contributed by atoms with Crippen molar-refractivity contribution in [3.63, 3.8) is 0 Å². The van der Waals surface area contributed by atoms with E-state index in [1.165, 1.54) is 12.1 Å². The molecule has 8 heteroatoms. The topological polar surface area (TPSA) is 111 Å². The highest BCUT2D eigenvalue weighted by Gasteiger charge is 2.07. The summed E-state index contributed by atoms with van der Waals surface area (Å²) in [6.07, 6.45) is 0.581. The number of primary sulfonamides is 1. The number of hydrogen-bond donors (Lipinski definition) is 3. The number of sulfonamides is 1. The van der Waals surface area contributed by atoms with Crippen LogP contribution in [0.3, 0.4) is 0 Å². The smallest absolute Gasteiger partial charge is 0.314 e. The summed E-state index contributed by atoms with van der Waals surface area (Å²) in [5.41, 5.74) is 3.17. The van der Waals surface area contributed by atoms with E-state index in [1.807, 2.05) is 26.0 Å². The van der Waals surface area contributed by atoms with Crippen LogP contribution in [-0.2, 0) is 16.4 Å². The molecule has 0 atom stereocenters. The maximum Gasteiger partial charge on any atom is 0.314 e. The fraction of sp³-hybridized carbons (Fsp3) is 0.316. The molecule has 0 saturated carbocycles. The Morgan fingerprint density at radius 1 is 1.00 bits per heavy atom. The summed E-state index contributed by atoms with van der Waals surface area (Å²) < 4.78 is 28.0. The van der Waals surface area contributed by atoms with Crippen LogP contribution in [0.5, 0.6) is 5.75 Å². The van der Waals surface area contributed by atoms with E-state index in [0.29, 0.717) is 26.1 Å². The van der Waals surface area contributed by atoms with Gasteiger partial charge in [-0.05, 0) is 61.2 Å². The molecule has 2 aromatic carbocycles. The molecule has 2 aromatic rings. The zero-order valence-electron chi connectivity index (χ0n) is 15.5. The van der Waals surface area contributed by atoms with Gasteiger partial charge in [0.1, 0.15) is 12.4 Å². The van der Waals surface area contributed by atoms with Gasteiger partial charge >= 0.3 is 6.03 Å². The first-order valence-corrected chi connectivity index (χ1v) is 10.1. The first-order chi connectivity index (χ1) is 12.7. The second-order valence-corrected chi connectivity index (χ2v) is 7.85. The molecule has 0 aliphatic carbocycles. The fourth-order valence-corrected chi connectivity index (χ4v) is 3.09. The summed E-state index contributed by atoms with van der Waals surface area (Å²) in [7, 11) is -3.68. The highest BCUT2D eigenvalue weighted by molar-refractivity contribution is 7.89. The van der Waals surface area contributed by atoms with E-state index >= 15 is 0 Å². The molecule has 2 amide bonds. The number of nitrogens with two attached hydrogens (primary N) is 1. The summed E-state index contributed by atoms with van der Waals surface area (Å²) in [6.45, 7) is 5.22. The van der Waals surface area contributed by atoms with Gasteiger partial charge in [-0.15, -0.1) is 0 Å². The van der Waals surface area contributed by atoms with E-state index in [9.17, 15) is 13.2 Å². The van der Waals surface area contributed by atoms with Crippen molar-refractivity contribution < 1.29 is 17.9 Å². The molecule has 0 aliphatic heterocycles. The lowest BCUT2D eigenvalue weighted by Gasteiger charge is -2.10. The van der Waals surface area contributed by atoms with Gasteiger partial charge in [0.15, 0.2) is 0 Å². The van der Waals surface area contributed by atoms with Gasteiger partial charge in [-0.25, -0.2) is 18.4 Å². The minimum Gasteiger partial charge on any atom is -0.492 e. The Bertz CT molecular complexity index is 860. The van der Waals surface area contributed by atoms with Gasteiger partial charge in [-0.3, -0.25) is 0 Å². The summed E-state index contributed by atoms with van der Waals surface area (Å²) in [5, 5.41) is 10.5. The summed E-state index contributed by atoms with van der Waals surface area (Å²) in [5.74, 6) is 0.789. The number of rotatable bonds is 8. The standard InChI is InChI=1S/C19H25N3O4S/c1-14-11-15(2)13-17(12-14)26-10-9-22-19(23)21-8-7-16-3-5-18(6-4-16)27(20,24)25/h3-6,11-13H,7-10H2,1-2H3,(H2,20,24,25)(H2,21,22,23). The average Bonchev–Trinajstić information content (AvgIpc) is 2.57. The van der Waals surface area contributed by atoms with Gasteiger partial charge in [0.25, 0.3) is 0 Å². The third-order valence-corrected chi connectivity index (χ3v) is 4.73. The fourth-order valence-electron chi connectivity index (χ4n) is 2.58. The number of amides is 2. The summed E-state index contributed by atoms with van der Waals surface area (Å²) >= 11 is 0. The number of hydrogen-bond acceptors (Lipinski definition) is 4. The Balaban J connectivity index is 1.65. The zero-order valence-corrected chi connectivity index (χ0v) is 16.3. The van der Waals surface area contributed by atoms with Crippen LogP contribution in [0.25, 0.3) is 0 Å². The molecule has 0 aromatic heterocycles. The Kier molecular flexibility index (Phi) is 7.20. The van der Waals surface area contributed by atoms with Crippen molar-refractivity contribution in [1.29, 1.82) is 0 Å². The number of aryl methyl sites for hydroxylation is 2. The number of benzene rings is 2. The third kappa shape index (κ3) is 7.28. The number of carbonyl (C=O) groups is 1. The van der Waals surface area contributed by atoms with E-state index in [0.717, 1.165) is 22.4 Å². The molecule has 0 saturated heterocycles. The lowest BCUT2D eigenvalue weighted by molar-refractivity contribution is 0.236. The van der Waals surface area contributed by atoms with Crippen LogP contribution < -0.4 is 20.5 Å². The molecule has 27 heavy (non-hydrogen) atoms. The third-order valence-electron chi connectivity index (χ3n) is 3.80. The SMILES string of the molecule is Cc1cc(C)cc(OCCNC(=O)NCCc2ccc(S(N)(=O)=O)cc2)c1. The number of carbonyl (C=O) groups excluding carboxylic acids is 1. The van der Waals surface area contributed by atoms with Crippen LogP contribution in [0.1, 0.15) is 16.7 Å². The normalized spacial score (nSPS) is 11.1. The molecule has 0 unspecified atom stereocenters. The molecule has 4 N–H and O–H groups in total. The second kappa shape index (κ2) is 9.38. The van der Waals surface area contributed by atoms with E-state index in [2.05, 4.69) is 16.7 Å². The predicted molar refractivity (Wildman–Crippen MR) is 104 cm³/mol. The molecule has 0 bridgehead atoms.